The second kappa shape index (κ2) is 7.54. The lowest BCUT2D eigenvalue weighted by atomic mass is 10.1. The van der Waals surface area contributed by atoms with E-state index in [4.69, 9.17) is 5.73 Å². The predicted octanol–water partition coefficient (Wildman–Crippen LogP) is 2.24. The van der Waals surface area contributed by atoms with Gasteiger partial charge in [-0.25, -0.2) is 0 Å². The number of nitrogens with two attached hydrogens (primary N) is 1. The van der Waals surface area contributed by atoms with Crippen LogP contribution in [0.3, 0.4) is 0 Å². The standard InChI is InChI=1S/C19H33N4/c1-23(13-3-2-4-14-23)15-5-9-21-10-12-22-11-8-17-6-7-18(20)16-19(17)22/h6-7,16,21H,2-5,8-15,20H2,1H3/q+1. The van der Waals surface area contributed by atoms with Gasteiger partial charge in [0.05, 0.1) is 26.7 Å². The number of anilines is 2. The summed E-state index contributed by atoms with van der Waals surface area (Å²) in [6.07, 6.45) is 6.72. The predicted molar refractivity (Wildman–Crippen MR) is 98.9 cm³/mol. The normalized spacial score (nSPS) is 19.8. The van der Waals surface area contributed by atoms with Gasteiger partial charge in [-0.2, -0.15) is 0 Å². The molecule has 0 spiro atoms. The van der Waals surface area contributed by atoms with Crippen LogP contribution in [-0.2, 0) is 6.42 Å². The Kier molecular flexibility index (Phi) is 5.44. The van der Waals surface area contributed by atoms with Gasteiger partial charge < -0.3 is 20.4 Å². The van der Waals surface area contributed by atoms with Gasteiger partial charge in [-0.15, -0.1) is 0 Å². The fraction of sp³-hybridized carbons (Fsp3) is 0.684. The second-order valence-electron chi connectivity index (χ2n) is 7.58. The molecule has 0 bridgehead atoms. The van der Waals surface area contributed by atoms with Gasteiger partial charge in [0.2, 0.25) is 0 Å². The molecular weight excluding hydrogens is 284 g/mol. The molecule has 0 atom stereocenters. The van der Waals surface area contributed by atoms with Gasteiger partial charge in [-0.1, -0.05) is 6.07 Å². The minimum absolute atomic E-state index is 0.877. The Morgan fingerprint density at radius 2 is 2.00 bits per heavy atom. The zero-order valence-electron chi connectivity index (χ0n) is 14.7. The molecule has 4 heteroatoms. The smallest absolute Gasteiger partial charge is 0.0796 e. The van der Waals surface area contributed by atoms with Gasteiger partial charge in [0.15, 0.2) is 0 Å². The van der Waals surface area contributed by atoms with Crippen LogP contribution in [0.25, 0.3) is 0 Å². The number of hydrogen-bond acceptors (Lipinski definition) is 3. The molecule has 2 aliphatic rings. The van der Waals surface area contributed by atoms with Crippen molar-refractivity contribution in [1.82, 2.24) is 5.32 Å². The fourth-order valence-corrected chi connectivity index (χ4v) is 4.12. The maximum atomic E-state index is 5.93. The van der Waals surface area contributed by atoms with Gasteiger partial charge in [0, 0.05) is 44.0 Å². The van der Waals surface area contributed by atoms with Crippen LogP contribution < -0.4 is 16.0 Å². The highest BCUT2D eigenvalue weighted by Gasteiger charge is 2.23. The van der Waals surface area contributed by atoms with Crippen molar-refractivity contribution in [1.29, 1.82) is 0 Å². The first-order chi connectivity index (χ1) is 11.2. The van der Waals surface area contributed by atoms with E-state index >= 15 is 0 Å². The number of fused-ring (bicyclic) bond motifs is 1. The quantitative estimate of drug-likeness (QED) is 0.460. The van der Waals surface area contributed by atoms with Gasteiger partial charge >= 0.3 is 0 Å². The zero-order valence-corrected chi connectivity index (χ0v) is 14.7. The Morgan fingerprint density at radius 1 is 1.17 bits per heavy atom. The fourth-order valence-electron chi connectivity index (χ4n) is 4.12. The van der Waals surface area contributed by atoms with Gasteiger partial charge in [-0.3, -0.25) is 0 Å². The summed E-state index contributed by atoms with van der Waals surface area (Å²) in [5.41, 5.74) is 9.60. The first kappa shape index (κ1) is 16.6. The molecule has 0 amide bonds. The number of nitrogens with one attached hydrogen (secondary N) is 1. The van der Waals surface area contributed by atoms with Gasteiger partial charge in [0.1, 0.15) is 0 Å². The van der Waals surface area contributed by atoms with E-state index in [1.54, 1.807) is 0 Å². The number of piperidine rings is 1. The Hall–Kier alpha value is -1.26. The molecule has 0 aliphatic carbocycles. The van der Waals surface area contributed by atoms with Gasteiger partial charge in [-0.05, 0) is 43.4 Å². The lowest BCUT2D eigenvalue weighted by Crippen LogP contribution is -2.49. The van der Waals surface area contributed by atoms with E-state index in [9.17, 15) is 0 Å². The average molecular weight is 318 g/mol. The molecule has 1 aromatic rings. The Balaban J connectivity index is 1.33. The number of hydrogen-bond donors (Lipinski definition) is 2. The lowest BCUT2D eigenvalue weighted by Gasteiger charge is -2.37. The molecule has 4 nitrogen and oxygen atoms in total. The van der Waals surface area contributed by atoms with Crippen molar-refractivity contribution in [2.24, 2.45) is 0 Å². The van der Waals surface area contributed by atoms with Crippen LogP contribution >= 0.6 is 0 Å². The van der Waals surface area contributed by atoms with E-state index in [1.807, 2.05) is 6.07 Å². The topological polar surface area (TPSA) is 41.3 Å². The first-order valence-electron chi connectivity index (χ1n) is 9.34. The molecule has 1 fully saturated rings. The summed E-state index contributed by atoms with van der Waals surface area (Å²) >= 11 is 0. The van der Waals surface area contributed by atoms with E-state index in [2.05, 4.69) is 29.4 Å². The summed E-state index contributed by atoms with van der Waals surface area (Å²) in [6.45, 7) is 8.52. The third-order valence-electron chi connectivity index (χ3n) is 5.61. The van der Waals surface area contributed by atoms with Crippen molar-refractivity contribution in [3.8, 4) is 0 Å². The summed E-state index contributed by atoms with van der Waals surface area (Å²) in [7, 11) is 2.44. The minimum Gasteiger partial charge on any atom is -0.399 e. The Morgan fingerprint density at radius 3 is 2.83 bits per heavy atom. The number of rotatable bonds is 7. The molecule has 1 saturated heterocycles. The number of likely N-dealkylation sites (tertiary alicyclic amines) is 1. The van der Waals surface area contributed by atoms with Crippen LogP contribution in [0.15, 0.2) is 18.2 Å². The number of quaternary nitrogens is 1. The number of nitrogens with zero attached hydrogens (tertiary/aromatic N) is 2. The van der Waals surface area contributed by atoms with E-state index < -0.39 is 0 Å². The van der Waals surface area contributed by atoms with E-state index in [-0.39, 0.29) is 0 Å². The van der Waals surface area contributed by atoms with Crippen LogP contribution in [0.5, 0.6) is 0 Å². The number of benzene rings is 1. The Bertz CT molecular complexity index is 508. The maximum Gasteiger partial charge on any atom is 0.0796 e. The molecule has 1 aromatic carbocycles. The molecule has 0 saturated carbocycles. The van der Waals surface area contributed by atoms with Crippen molar-refractivity contribution < 1.29 is 4.48 Å². The van der Waals surface area contributed by atoms with Crippen molar-refractivity contribution in [3.05, 3.63) is 23.8 Å². The molecule has 0 radical (unpaired) electrons. The molecule has 128 valence electrons. The second-order valence-corrected chi connectivity index (χ2v) is 7.58. The zero-order chi connectivity index (χ0) is 16.1. The van der Waals surface area contributed by atoms with Crippen LogP contribution in [0.1, 0.15) is 31.2 Å². The molecular formula is C19H33N4+. The molecule has 0 aromatic heterocycles. The van der Waals surface area contributed by atoms with Crippen LogP contribution in [0, 0.1) is 0 Å². The molecule has 2 heterocycles. The molecule has 3 rings (SSSR count). The van der Waals surface area contributed by atoms with Crippen LogP contribution in [-0.4, -0.2) is 57.3 Å². The van der Waals surface area contributed by atoms with Crippen LogP contribution in [0.2, 0.25) is 0 Å². The summed E-state index contributed by atoms with van der Waals surface area (Å²) in [5, 5.41) is 3.63. The minimum atomic E-state index is 0.877. The summed E-state index contributed by atoms with van der Waals surface area (Å²) in [5.74, 6) is 0. The number of nitrogen functional groups attached to an aromatic ring is 1. The summed E-state index contributed by atoms with van der Waals surface area (Å²) in [6, 6.07) is 6.33. The maximum absolute atomic E-state index is 5.93. The van der Waals surface area contributed by atoms with Crippen LogP contribution in [0.4, 0.5) is 11.4 Å². The highest BCUT2D eigenvalue weighted by molar-refractivity contribution is 5.64. The van der Waals surface area contributed by atoms with Gasteiger partial charge in [0.25, 0.3) is 0 Å². The molecule has 3 N–H and O–H groups in total. The van der Waals surface area contributed by atoms with E-state index in [0.717, 1.165) is 38.3 Å². The van der Waals surface area contributed by atoms with E-state index in [1.165, 1.54) is 61.1 Å². The lowest BCUT2D eigenvalue weighted by molar-refractivity contribution is -0.914. The molecule has 23 heavy (non-hydrogen) atoms. The molecule has 2 aliphatic heterocycles. The monoisotopic (exact) mass is 317 g/mol. The third kappa shape index (κ3) is 4.39. The third-order valence-corrected chi connectivity index (χ3v) is 5.61. The Labute approximate surface area is 141 Å². The SMILES string of the molecule is C[N+]1(CCCNCCN2CCc3ccc(N)cc32)CCCCC1. The van der Waals surface area contributed by atoms with Crippen molar-refractivity contribution in [2.75, 3.05) is 63.5 Å². The largest absolute Gasteiger partial charge is 0.399 e. The summed E-state index contributed by atoms with van der Waals surface area (Å²) in [4.78, 5) is 2.47. The summed E-state index contributed by atoms with van der Waals surface area (Å²) < 4.78 is 1.29. The van der Waals surface area contributed by atoms with Crippen molar-refractivity contribution in [2.45, 2.75) is 32.1 Å². The molecule has 0 unspecified atom stereocenters. The highest BCUT2D eigenvalue weighted by Crippen LogP contribution is 2.29. The first-order valence-corrected chi connectivity index (χ1v) is 9.34. The average Bonchev–Trinajstić information content (AvgIpc) is 2.94. The van der Waals surface area contributed by atoms with Crippen molar-refractivity contribution >= 4 is 11.4 Å². The van der Waals surface area contributed by atoms with Crippen molar-refractivity contribution in [3.63, 3.8) is 0 Å². The highest BCUT2D eigenvalue weighted by atomic mass is 15.3. The van der Waals surface area contributed by atoms with E-state index in [0.29, 0.717) is 0 Å².